The largest absolute Gasteiger partial charge is 0.545 e. The molecule has 0 spiro atoms. The molecule has 0 amide bonds. The molecule has 0 saturated carbocycles. The van der Waals surface area contributed by atoms with Crippen molar-refractivity contribution in [3.63, 3.8) is 0 Å². The number of thiophene rings is 1. The van der Waals surface area contributed by atoms with Gasteiger partial charge in [-0.2, -0.15) is 0 Å². The molecule has 4 rings (SSSR count). The predicted octanol–water partition coefficient (Wildman–Crippen LogP) is 6.22. The summed E-state index contributed by atoms with van der Waals surface area (Å²) in [5, 5.41) is 13.1. The van der Waals surface area contributed by atoms with E-state index in [-0.39, 0.29) is 16.4 Å². The fourth-order valence-corrected chi connectivity index (χ4v) is 5.23. The topological polar surface area (TPSA) is 40.1 Å². The Morgan fingerprint density at radius 1 is 0.968 bits per heavy atom. The average molecular weight is 430 g/mol. The van der Waals surface area contributed by atoms with Crippen LogP contribution in [0.15, 0.2) is 53.9 Å². The van der Waals surface area contributed by atoms with E-state index in [1.165, 1.54) is 40.0 Å². The lowest BCUT2D eigenvalue weighted by atomic mass is 9.62. The number of fused-ring (bicyclic) bond motifs is 1. The highest BCUT2D eigenvalue weighted by Gasteiger charge is 2.37. The number of benzene rings is 2. The van der Waals surface area contributed by atoms with Gasteiger partial charge in [-0.1, -0.05) is 82.3 Å². The minimum atomic E-state index is -1.15. The molecule has 0 saturated heterocycles. The van der Waals surface area contributed by atoms with Gasteiger partial charge >= 0.3 is 0 Å². The van der Waals surface area contributed by atoms with Crippen LogP contribution in [0.25, 0.3) is 12.2 Å². The highest BCUT2D eigenvalue weighted by atomic mass is 32.1. The standard InChI is InChI=1S/C28H30O2S/c1-27(2)13-14-28(3,4)25-18-22(16-23-6-5-15-31-23)21(17-24(25)27)12-9-19-7-10-20(11-8-19)26(29)30/h5-12,15,17-18H,13-14,16H2,1-4H3,(H,29,30)/p-1/b12-9+. The molecule has 0 atom stereocenters. The van der Waals surface area contributed by atoms with Crippen LogP contribution in [-0.4, -0.2) is 5.97 Å². The molecule has 3 aromatic rings. The first-order chi connectivity index (χ1) is 14.7. The lowest BCUT2D eigenvalue weighted by Gasteiger charge is -2.42. The third-order valence-corrected chi connectivity index (χ3v) is 7.54. The van der Waals surface area contributed by atoms with Gasteiger partial charge in [0, 0.05) is 11.3 Å². The van der Waals surface area contributed by atoms with E-state index >= 15 is 0 Å². The first-order valence-corrected chi connectivity index (χ1v) is 11.7. The van der Waals surface area contributed by atoms with Crippen molar-refractivity contribution < 1.29 is 9.90 Å². The average Bonchev–Trinajstić information content (AvgIpc) is 3.23. The third-order valence-electron chi connectivity index (χ3n) is 6.66. The Balaban J connectivity index is 1.78. The van der Waals surface area contributed by atoms with E-state index in [0.29, 0.717) is 0 Å². The summed E-state index contributed by atoms with van der Waals surface area (Å²) in [4.78, 5) is 12.4. The van der Waals surface area contributed by atoms with Crippen LogP contribution < -0.4 is 5.11 Å². The lowest BCUT2D eigenvalue weighted by molar-refractivity contribution is -0.255. The molecular weight excluding hydrogens is 400 g/mol. The first-order valence-electron chi connectivity index (χ1n) is 10.9. The van der Waals surface area contributed by atoms with Crippen LogP contribution in [0.2, 0.25) is 0 Å². The van der Waals surface area contributed by atoms with Crippen LogP contribution in [0, 0.1) is 0 Å². The lowest BCUT2D eigenvalue weighted by Crippen LogP contribution is -2.34. The normalized spacial score (nSPS) is 16.9. The van der Waals surface area contributed by atoms with Gasteiger partial charge in [0.1, 0.15) is 0 Å². The molecule has 2 nitrogen and oxygen atoms in total. The molecule has 160 valence electrons. The summed E-state index contributed by atoms with van der Waals surface area (Å²) in [6, 6.07) is 16.0. The number of carboxylic acid groups (broad SMARTS) is 1. The quantitative estimate of drug-likeness (QED) is 0.452. The van der Waals surface area contributed by atoms with Gasteiger partial charge in [-0.15, -0.1) is 11.3 Å². The molecule has 0 aliphatic heterocycles. The molecule has 1 aliphatic carbocycles. The number of carbonyl (C=O) groups is 1. The van der Waals surface area contributed by atoms with Gasteiger partial charge < -0.3 is 9.90 Å². The number of carbonyl (C=O) groups excluding carboxylic acids is 1. The van der Waals surface area contributed by atoms with Crippen molar-refractivity contribution in [2.75, 3.05) is 0 Å². The van der Waals surface area contributed by atoms with Crippen molar-refractivity contribution in [3.8, 4) is 0 Å². The van der Waals surface area contributed by atoms with Crippen LogP contribution in [0.5, 0.6) is 0 Å². The smallest absolute Gasteiger partial charge is 0.0715 e. The molecule has 0 N–H and O–H groups in total. The number of rotatable bonds is 5. The molecule has 1 aromatic heterocycles. The van der Waals surface area contributed by atoms with Crippen molar-refractivity contribution in [2.24, 2.45) is 0 Å². The Morgan fingerprint density at radius 3 is 2.19 bits per heavy atom. The zero-order valence-electron chi connectivity index (χ0n) is 18.7. The molecular formula is C28H29O2S-. The second-order valence-corrected chi connectivity index (χ2v) is 10.9. The second-order valence-electron chi connectivity index (χ2n) is 9.86. The van der Waals surface area contributed by atoms with E-state index in [2.05, 4.69) is 69.5 Å². The summed E-state index contributed by atoms with van der Waals surface area (Å²) in [6.45, 7) is 9.44. The van der Waals surface area contributed by atoms with Crippen molar-refractivity contribution in [1.82, 2.24) is 0 Å². The molecule has 1 heterocycles. The zero-order chi connectivity index (χ0) is 22.2. The van der Waals surface area contributed by atoms with Crippen molar-refractivity contribution >= 4 is 29.5 Å². The monoisotopic (exact) mass is 429 g/mol. The van der Waals surface area contributed by atoms with Crippen LogP contribution in [-0.2, 0) is 17.3 Å². The Bertz CT molecular complexity index is 1120. The molecule has 0 fully saturated rings. The molecule has 3 heteroatoms. The fraction of sp³-hybridized carbons (Fsp3) is 0.321. The summed E-state index contributed by atoms with van der Waals surface area (Å²) >= 11 is 1.80. The van der Waals surface area contributed by atoms with E-state index < -0.39 is 5.97 Å². The van der Waals surface area contributed by atoms with Crippen molar-refractivity contribution in [2.45, 2.75) is 57.8 Å². The Hall–Kier alpha value is -2.65. The molecule has 0 radical (unpaired) electrons. The van der Waals surface area contributed by atoms with E-state index in [1.54, 1.807) is 23.5 Å². The SMILES string of the molecule is CC1(C)CCC(C)(C)c2cc(Cc3cccs3)c(/C=C/c3ccc(C(=O)[O-])cc3)cc21. The Kier molecular flexibility index (Phi) is 5.65. The third kappa shape index (κ3) is 4.52. The molecule has 2 aromatic carbocycles. The van der Waals surface area contributed by atoms with Gasteiger partial charge in [0.25, 0.3) is 0 Å². The minimum Gasteiger partial charge on any atom is -0.545 e. The van der Waals surface area contributed by atoms with E-state index in [9.17, 15) is 9.90 Å². The fourth-order valence-electron chi connectivity index (χ4n) is 4.50. The van der Waals surface area contributed by atoms with E-state index in [1.807, 2.05) is 12.1 Å². The van der Waals surface area contributed by atoms with Gasteiger partial charge in [0.05, 0.1) is 5.97 Å². The highest BCUT2D eigenvalue weighted by Crippen LogP contribution is 2.47. The van der Waals surface area contributed by atoms with E-state index in [4.69, 9.17) is 0 Å². The molecule has 1 aliphatic rings. The van der Waals surface area contributed by atoms with Crippen LogP contribution >= 0.6 is 11.3 Å². The van der Waals surface area contributed by atoms with E-state index in [0.717, 1.165) is 12.0 Å². The Labute approximate surface area is 189 Å². The van der Waals surface area contributed by atoms with Gasteiger partial charge in [0.15, 0.2) is 0 Å². The van der Waals surface area contributed by atoms with Gasteiger partial charge in [-0.25, -0.2) is 0 Å². The zero-order valence-corrected chi connectivity index (χ0v) is 19.5. The minimum absolute atomic E-state index is 0.158. The van der Waals surface area contributed by atoms with Gasteiger partial charge in [-0.3, -0.25) is 0 Å². The summed E-state index contributed by atoms with van der Waals surface area (Å²) in [6.07, 6.45) is 7.55. The second kappa shape index (κ2) is 8.12. The molecule has 0 unspecified atom stereocenters. The maximum atomic E-state index is 11.0. The Morgan fingerprint density at radius 2 is 1.61 bits per heavy atom. The number of carboxylic acids is 1. The van der Waals surface area contributed by atoms with Crippen LogP contribution in [0.3, 0.4) is 0 Å². The summed E-state index contributed by atoms with van der Waals surface area (Å²) in [5.41, 5.74) is 7.02. The van der Waals surface area contributed by atoms with Crippen LogP contribution in [0.1, 0.15) is 83.6 Å². The van der Waals surface area contributed by atoms with Crippen LogP contribution in [0.4, 0.5) is 0 Å². The highest BCUT2D eigenvalue weighted by molar-refractivity contribution is 7.09. The number of aromatic carboxylic acids is 1. The number of hydrogen-bond donors (Lipinski definition) is 0. The first kappa shape index (κ1) is 21.6. The van der Waals surface area contributed by atoms with Crippen molar-refractivity contribution in [3.05, 3.63) is 92.2 Å². The summed E-state index contributed by atoms with van der Waals surface area (Å²) in [7, 11) is 0. The molecule has 0 bridgehead atoms. The van der Waals surface area contributed by atoms with Gasteiger partial charge in [0.2, 0.25) is 0 Å². The summed E-state index contributed by atoms with van der Waals surface area (Å²) < 4.78 is 0. The van der Waals surface area contributed by atoms with Crippen molar-refractivity contribution in [1.29, 1.82) is 0 Å². The summed E-state index contributed by atoms with van der Waals surface area (Å²) in [5.74, 6) is -1.15. The number of hydrogen-bond acceptors (Lipinski definition) is 3. The maximum Gasteiger partial charge on any atom is 0.0715 e. The predicted molar refractivity (Wildman–Crippen MR) is 129 cm³/mol. The molecule has 31 heavy (non-hydrogen) atoms. The maximum absolute atomic E-state index is 11.0. The van der Waals surface area contributed by atoms with Gasteiger partial charge in [-0.05, 0) is 68.5 Å².